The fraction of sp³-hybridized carbons (Fsp3) is 0.250. The van der Waals surface area contributed by atoms with Gasteiger partial charge in [-0.05, 0) is 67.1 Å². The van der Waals surface area contributed by atoms with Crippen LogP contribution in [0.3, 0.4) is 0 Å². The lowest BCUT2D eigenvalue weighted by molar-refractivity contribution is 0.0991. The Labute approximate surface area is 185 Å². The zero-order valence-corrected chi connectivity index (χ0v) is 18.0. The van der Waals surface area contributed by atoms with Gasteiger partial charge in [0.05, 0.1) is 24.0 Å². The summed E-state index contributed by atoms with van der Waals surface area (Å²) in [5.41, 5.74) is 1.70. The average Bonchev–Trinajstić information content (AvgIpc) is 3.30. The first-order valence-corrected chi connectivity index (χ1v) is 10.9. The summed E-state index contributed by atoms with van der Waals surface area (Å²) >= 11 is 1.42. The monoisotopic (exact) mass is 434 g/mol. The molecule has 0 bridgehead atoms. The van der Waals surface area contributed by atoms with Crippen LogP contribution in [0.15, 0.2) is 54.6 Å². The number of carbonyl (C=O) groups is 1. The van der Waals surface area contributed by atoms with Crippen molar-refractivity contribution in [3.8, 4) is 33.8 Å². The zero-order valence-electron chi connectivity index (χ0n) is 17.2. The summed E-state index contributed by atoms with van der Waals surface area (Å²) in [6, 6.07) is 19.0. The van der Waals surface area contributed by atoms with E-state index in [4.69, 9.17) is 19.5 Å². The van der Waals surface area contributed by atoms with Gasteiger partial charge in [-0.25, -0.2) is 0 Å². The number of rotatable bonds is 7. The van der Waals surface area contributed by atoms with Crippen molar-refractivity contribution in [2.45, 2.75) is 13.3 Å². The molecule has 3 aromatic rings. The molecule has 1 amide bonds. The molecule has 6 nitrogen and oxygen atoms in total. The summed E-state index contributed by atoms with van der Waals surface area (Å²) in [6.07, 6.45) is 0.249. The third-order valence-electron chi connectivity index (χ3n) is 4.80. The summed E-state index contributed by atoms with van der Waals surface area (Å²) in [4.78, 5) is 16.5. The summed E-state index contributed by atoms with van der Waals surface area (Å²) < 4.78 is 16.7. The van der Waals surface area contributed by atoms with Crippen LogP contribution >= 0.6 is 11.3 Å². The molecule has 158 valence electrons. The molecule has 0 radical (unpaired) electrons. The Morgan fingerprint density at radius 3 is 2.61 bits per heavy atom. The van der Waals surface area contributed by atoms with E-state index in [1.165, 1.54) is 11.3 Å². The Bertz CT molecular complexity index is 1100. The van der Waals surface area contributed by atoms with Gasteiger partial charge in [0.1, 0.15) is 19.0 Å². The van der Waals surface area contributed by atoms with E-state index in [9.17, 15) is 4.79 Å². The standard InChI is InChI=1S/C24H22N2O4S/c1-2-28-19-7-5-18(6-8-19)26(13-3-12-25)24(27)23-11-10-22(31-23)17-4-9-20-21(16-17)30-15-14-29-20/h4-11,16H,2-3,13-15H2,1H3. The molecule has 0 N–H and O–H groups in total. The van der Waals surface area contributed by atoms with Gasteiger partial charge >= 0.3 is 0 Å². The van der Waals surface area contributed by atoms with Crippen LogP contribution in [0.4, 0.5) is 5.69 Å². The molecule has 4 rings (SSSR count). The van der Waals surface area contributed by atoms with Crippen molar-refractivity contribution in [3.05, 3.63) is 59.5 Å². The highest BCUT2D eigenvalue weighted by Gasteiger charge is 2.21. The van der Waals surface area contributed by atoms with Gasteiger partial charge in [-0.3, -0.25) is 4.79 Å². The highest BCUT2D eigenvalue weighted by molar-refractivity contribution is 7.17. The first kappa shape index (κ1) is 20.8. The van der Waals surface area contributed by atoms with Gasteiger partial charge in [0, 0.05) is 17.1 Å². The van der Waals surface area contributed by atoms with Crippen molar-refractivity contribution < 1.29 is 19.0 Å². The minimum atomic E-state index is -0.131. The number of ether oxygens (including phenoxy) is 3. The molecule has 0 fully saturated rings. The molecule has 0 aliphatic carbocycles. The van der Waals surface area contributed by atoms with E-state index >= 15 is 0 Å². The van der Waals surface area contributed by atoms with Crippen LogP contribution in [0.1, 0.15) is 23.0 Å². The lowest BCUT2D eigenvalue weighted by Crippen LogP contribution is -2.31. The second-order valence-corrected chi connectivity index (χ2v) is 7.90. The number of fused-ring (bicyclic) bond motifs is 1. The molecule has 1 aromatic heterocycles. The lowest BCUT2D eigenvalue weighted by atomic mass is 10.1. The fourth-order valence-electron chi connectivity index (χ4n) is 3.34. The number of thiophene rings is 1. The minimum Gasteiger partial charge on any atom is -0.494 e. The Morgan fingerprint density at radius 2 is 1.87 bits per heavy atom. The van der Waals surface area contributed by atoms with Crippen LogP contribution in [0.5, 0.6) is 17.2 Å². The van der Waals surface area contributed by atoms with Gasteiger partial charge in [-0.2, -0.15) is 5.26 Å². The Kier molecular flexibility index (Phi) is 6.39. The Hall–Kier alpha value is -3.50. The Morgan fingerprint density at radius 1 is 1.10 bits per heavy atom. The SMILES string of the molecule is CCOc1ccc(N(CCC#N)C(=O)c2ccc(-c3ccc4c(c3)OCCO4)s2)cc1. The van der Waals surface area contributed by atoms with Gasteiger partial charge in [-0.15, -0.1) is 11.3 Å². The summed E-state index contributed by atoms with van der Waals surface area (Å²) in [5, 5.41) is 9.05. The van der Waals surface area contributed by atoms with Crippen LogP contribution in [0.25, 0.3) is 10.4 Å². The number of hydrogen-bond acceptors (Lipinski definition) is 6. The van der Waals surface area contributed by atoms with E-state index in [1.807, 2.05) is 61.5 Å². The summed E-state index contributed by atoms with van der Waals surface area (Å²) in [6.45, 7) is 3.90. The molecule has 2 heterocycles. The van der Waals surface area contributed by atoms with Crippen LogP contribution in [-0.2, 0) is 0 Å². The first-order chi connectivity index (χ1) is 15.2. The molecule has 31 heavy (non-hydrogen) atoms. The van der Waals surface area contributed by atoms with E-state index in [1.54, 1.807) is 4.90 Å². The molecule has 0 saturated heterocycles. The number of amides is 1. The fourth-order valence-corrected chi connectivity index (χ4v) is 4.29. The van der Waals surface area contributed by atoms with E-state index in [0.717, 1.165) is 33.4 Å². The molecule has 1 aliphatic heterocycles. The number of nitriles is 1. The molecular formula is C24H22N2O4S. The summed E-state index contributed by atoms with van der Waals surface area (Å²) in [5.74, 6) is 2.07. The topological polar surface area (TPSA) is 71.8 Å². The molecule has 0 spiro atoms. The summed E-state index contributed by atoms with van der Waals surface area (Å²) in [7, 11) is 0. The molecule has 2 aromatic carbocycles. The Balaban J connectivity index is 1.58. The smallest absolute Gasteiger partial charge is 0.268 e. The second-order valence-electron chi connectivity index (χ2n) is 6.81. The molecular weight excluding hydrogens is 412 g/mol. The number of carbonyl (C=O) groups excluding carboxylic acids is 1. The number of hydrogen-bond donors (Lipinski definition) is 0. The van der Waals surface area contributed by atoms with Crippen molar-refractivity contribution in [2.75, 3.05) is 31.3 Å². The number of benzene rings is 2. The average molecular weight is 435 g/mol. The maximum absolute atomic E-state index is 13.3. The lowest BCUT2D eigenvalue weighted by Gasteiger charge is -2.21. The maximum atomic E-state index is 13.3. The molecule has 0 unspecified atom stereocenters. The van der Waals surface area contributed by atoms with Crippen LogP contribution in [-0.4, -0.2) is 32.3 Å². The third-order valence-corrected chi connectivity index (χ3v) is 5.92. The number of nitrogens with zero attached hydrogens (tertiary/aromatic N) is 2. The van der Waals surface area contributed by atoms with E-state index in [-0.39, 0.29) is 12.3 Å². The molecule has 1 aliphatic rings. The van der Waals surface area contributed by atoms with Gasteiger partial charge < -0.3 is 19.1 Å². The largest absolute Gasteiger partial charge is 0.494 e. The second kappa shape index (κ2) is 9.54. The molecule has 7 heteroatoms. The quantitative estimate of drug-likeness (QED) is 0.515. The van der Waals surface area contributed by atoms with E-state index < -0.39 is 0 Å². The van der Waals surface area contributed by atoms with Crippen molar-refractivity contribution in [3.63, 3.8) is 0 Å². The molecule has 0 saturated carbocycles. The molecule has 0 atom stereocenters. The van der Waals surface area contributed by atoms with E-state index in [2.05, 4.69) is 6.07 Å². The van der Waals surface area contributed by atoms with Crippen molar-refractivity contribution in [1.29, 1.82) is 5.26 Å². The minimum absolute atomic E-state index is 0.131. The van der Waals surface area contributed by atoms with Crippen molar-refractivity contribution in [1.82, 2.24) is 0 Å². The predicted molar refractivity (Wildman–Crippen MR) is 120 cm³/mol. The van der Waals surface area contributed by atoms with Gasteiger partial charge in [0.2, 0.25) is 0 Å². The van der Waals surface area contributed by atoms with Gasteiger partial charge in [0.25, 0.3) is 5.91 Å². The highest BCUT2D eigenvalue weighted by atomic mass is 32.1. The van der Waals surface area contributed by atoms with Crippen LogP contribution in [0.2, 0.25) is 0 Å². The third kappa shape index (κ3) is 4.65. The van der Waals surface area contributed by atoms with Crippen molar-refractivity contribution >= 4 is 22.9 Å². The van der Waals surface area contributed by atoms with Gasteiger partial charge in [0.15, 0.2) is 11.5 Å². The first-order valence-electron chi connectivity index (χ1n) is 10.1. The van der Waals surface area contributed by atoms with Crippen LogP contribution in [0, 0.1) is 11.3 Å². The predicted octanol–water partition coefficient (Wildman–Crippen LogP) is 5.15. The zero-order chi connectivity index (χ0) is 21.6. The van der Waals surface area contributed by atoms with Crippen LogP contribution < -0.4 is 19.1 Å². The highest BCUT2D eigenvalue weighted by Crippen LogP contribution is 2.37. The normalized spacial score (nSPS) is 12.1. The number of anilines is 1. The van der Waals surface area contributed by atoms with Gasteiger partial charge in [-0.1, -0.05) is 0 Å². The van der Waals surface area contributed by atoms with Crippen molar-refractivity contribution in [2.24, 2.45) is 0 Å². The van der Waals surface area contributed by atoms with E-state index in [0.29, 0.717) is 31.2 Å². The maximum Gasteiger partial charge on any atom is 0.268 e.